The molecule has 7 nitrogen and oxygen atoms in total. The smallest absolute Gasteiger partial charge is 0.375 e. The van der Waals surface area contributed by atoms with Crippen molar-refractivity contribution in [2.45, 2.75) is 47.1 Å². The van der Waals surface area contributed by atoms with E-state index in [2.05, 4.69) is 24.2 Å². The van der Waals surface area contributed by atoms with E-state index < -0.39 is 11.7 Å². The van der Waals surface area contributed by atoms with Gasteiger partial charge in [0, 0.05) is 5.70 Å². The van der Waals surface area contributed by atoms with Gasteiger partial charge in [0.25, 0.3) is 0 Å². The normalized spacial score (nSPS) is 13.7. The van der Waals surface area contributed by atoms with Crippen molar-refractivity contribution in [3.05, 3.63) is 46.9 Å². The molecule has 1 rings (SSSR count). The average Bonchev–Trinajstić information content (AvgIpc) is 3.06. The summed E-state index contributed by atoms with van der Waals surface area (Å²) in [6, 6.07) is 1.90. The second kappa shape index (κ2) is 9.56. The third-order valence-corrected chi connectivity index (χ3v) is 3.46. The molecule has 0 aliphatic heterocycles. The molecule has 0 saturated heterocycles. The lowest BCUT2D eigenvalue weighted by Gasteiger charge is -2.13. The molecule has 25 heavy (non-hydrogen) atoms. The van der Waals surface area contributed by atoms with Crippen molar-refractivity contribution >= 4 is 11.8 Å². The fourth-order valence-corrected chi connectivity index (χ4v) is 1.84. The number of nitrogens with one attached hydrogen (secondary N) is 1. The van der Waals surface area contributed by atoms with Crippen LogP contribution in [0.4, 0.5) is 0 Å². The Hall–Kier alpha value is -2.70. The summed E-state index contributed by atoms with van der Waals surface area (Å²) in [4.78, 5) is 16.0. The van der Waals surface area contributed by atoms with Crippen LogP contribution in [0.25, 0.3) is 0 Å². The molecule has 1 heterocycles. The quantitative estimate of drug-likeness (QED) is 0.219. The maximum atomic E-state index is 11.8. The van der Waals surface area contributed by atoms with E-state index in [1.165, 1.54) is 0 Å². The van der Waals surface area contributed by atoms with Crippen molar-refractivity contribution < 1.29 is 19.1 Å². The molecule has 138 valence electrons. The van der Waals surface area contributed by atoms with E-state index in [0.717, 1.165) is 5.56 Å². The largest absolute Gasteiger partial charge is 0.500 e. The lowest BCUT2D eigenvalue weighted by atomic mass is 10.1. The molecule has 0 atom stereocenters. The molecule has 0 spiro atoms. The molecule has 1 aromatic rings. The Labute approximate surface area is 148 Å². The third kappa shape index (κ3) is 6.02. The van der Waals surface area contributed by atoms with Crippen molar-refractivity contribution in [2.75, 3.05) is 6.61 Å². The standard InChI is InChI=1S/C18H27N3O4/c1-6-12(5)21-15(16(22)18(23)24-7-2)17(19)20-9-14-8-13(10-25-14)11(3)4/h6,8,10-11,21-22H,7,9H2,1-5H3,(H2,19,20)/b12-6+,16-15+. The second-order valence-corrected chi connectivity index (χ2v) is 5.74. The summed E-state index contributed by atoms with van der Waals surface area (Å²) in [5.74, 6) is -0.515. The number of esters is 1. The lowest BCUT2D eigenvalue weighted by molar-refractivity contribution is -0.141. The van der Waals surface area contributed by atoms with Crippen LogP contribution in [-0.4, -0.2) is 23.5 Å². The molecule has 0 radical (unpaired) electrons. The summed E-state index contributed by atoms with van der Waals surface area (Å²) in [5.41, 5.74) is 7.73. The van der Waals surface area contributed by atoms with Gasteiger partial charge in [0.2, 0.25) is 5.76 Å². The van der Waals surface area contributed by atoms with Gasteiger partial charge in [-0.2, -0.15) is 0 Å². The lowest BCUT2D eigenvalue weighted by Crippen LogP contribution is -2.30. The van der Waals surface area contributed by atoms with Crippen molar-refractivity contribution in [3.8, 4) is 0 Å². The number of carbonyl (C=O) groups excluding carboxylic acids is 1. The molecule has 0 bridgehead atoms. The summed E-state index contributed by atoms with van der Waals surface area (Å²) < 4.78 is 10.2. The van der Waals surface area contributed by atoms with Gasteiger partial charge in [-0.05, 0) is 38.3 Å². The van der Waals surface area contributed by atoms with Gasteiger partial charge in [-0.15, -0.1) is 0 Å². The first-order chi connectivity index (χ1) is 11.8. The highest BCUT2D eigenvalue weighted by Gasteiger charge is 2.19. The Morgan fingerprint density at radius 3 is 2.72 bits per heavy atom. The van der Waals surface area contributed by atoms with Crippen LogP contribution in [0.1, 0.15) is 51.9 Å². The number of aliphatic hydroxyl groups is 1. The van der Waals surface area contributed by atoms with Gasteiger partial charge in [-0.25, -0.2) is 4.79 Å². The Kier molecular flexibility index (Phi) is 7.78. The van der Waals surface area contributed by atoms with Gasteiger partial charge in [0.15, 0.2) is 0 Å². The Bertz CT molecular complexity index is 684. The molecule has 7 heteroatoms. The number of ether oxygens (including phenoxy) is 1. The highest BCUT2D eigenvalue weighted by Crippen LogP contribution is 2.18. The maximum Gasteiger partial charge on any atom is 0.375 e. The van der Waals surface area contributed by atoms with Crippen LogP contribution in [0.15, 0.2) is 45.0 Å². The van der Waals surface area contributed by atoms with E-state index >= 15 is 0 Å². The van der Waals surface area contributed by atoms with Crippen LogP contribution < -0.4 is 11.1 Å². The molecule has 0 aliphatic rings. The average molecular weight is 349 g/mol. The summed E-state index contributed by atoms with van der Waals surface area (Å²) in [6.45, 7) is 9.69. The molecular weight excluding hydrogens is 322 g/mol. The van der Waals surface area contributed by atoms with Gasteiger partial charge in [-0.3, -0.25) is 4.99 Å². The third-order valence-electron chi connectivity index (χ3n) is 3.46. The van der Waals surface area contributed by atoms with E-state index in [-0.39, 0.29) is 24.7 Å². The number of nitrogens with two attached hydrogens (primary N) is 1. The minimum atomic E-state index is -0.868. The van der Waals surface area contributed by atoms with E-state index in [9.17, 15) is 9.90 Å². The zero-order chi connectivity index (χ0) is 19.0. The molecule has 0 unspecified atom stereocenters. The monoisotopic (exact) mass is 349 g/mol. The summed E-state index contributed by atoms with van der Waals surface area (Å²) in [7, 11) is 0. The van der Waals surface area contributed by atoms with Crippen molar-refractivity contribution in [2.24, 2.45) is 10.7 Å². The number of furan rings is 1. The first-order valence-corrected chi connectivity index (χ1v) is 8.17. The molecule has 0 fully saturated rings. The van der Waals surface area contributed by atoms with E-state index in [0.29, 0.717) is 17.4 Å². The van der Waals surface area contributed by atoms with Gasteiger partial charge in [0.05, 0.1) is 19.4 Å². The van der Waals surface area contributed by atoms with Crippen molar-refractivity contribution in [1.82, 2.24) is 5.32 Å². The number of nitrogens with zero attached hydrogens (tertiary/aromatic N) is 1. The SMILES string of the molecule is C/C=C(\C)N/C(C(N)=NCc1cc(C(C)C)co1)=C(/O)C(=O)OCC. The molecule has 4 N–H and O–H groups in total. The van der Waals surface area contributed by atoms with Crippen LogP contribution in [0.2, 0.25) is 0 Å². The second-order valence-electron chi connectivity index (χ2n) is 5.74. The Balaban J connectivity index is 3.06. The fourth-order valence-electron chi connectivity index (χ4n) is 1.84. The highest BCUT2D eigenvalue weighted by molar-refractivity contribution is 6.03. The van der Waals surface area contributed by atoms with Crippen LogP contribution in [0.3, 0.4) is 0 Å². The van der Waals surface area contributed by atoms with Crippen LogP contribution in [-0.2, 0) is 16.1 Å². The molecule has 0 amide bonds. The molecule has 0 saturated carbocycles. The van der Waals surface area contributed by atoms with Gasteiger partial charge in [-0.1, -0.05) is 19.9 Å². The first-order valence-electron chi connectivity index (χ1n) is 8.17. The maximum absolute atomic E-state index is 11.8. The van der Waals surface area contributed by atoms with Crippen molar-refractivity contribution in [1.29, 1.82) is 0 Å². The van der Waals surface area contributed by atoms with Crippen LogP contribution in [0.5, 0.6) is 0 Å². The number of aliphatic hydroxyl groups excluding tert-OH is 1. The van der Waals surface area contributed by atoms with Crippen LogP contribution in [0, 0.1) is 0 Å². The minimum Gasteiger partial charge on any atom is -0.500 e. The van der Waals surface area contributed by atoms with Gasteiger partial charge in [0.1, 0.15) is 17.3 Å². The zero-order valence-electron chi connectivity index (χ0n) is 15.4. The number of hydrogen-bond donors (Lipinski definition) is 3. The first kappa shape index (κ1) is 20.3. The summed E-state index contributed by atoms with van der Waals surface area (Å²) in [6.07, 6.45) is 3.45. The Morgan fingerprint density at radius 2 is 2.20 bits per heavy atom. The number of hydrogen-bond acceptors (Lipinski definition) is 6. The van der Waals surface area contributed by atoms with Gasteiger partial charge < -0.3 is 25.3 Å². The van der Waals surface area contributed by atoms with E-state index in [4.69, 9.17) is 14.9 Å². The zero-order valence-corrected chi connectivity index (χ0v) is 15.4. The topological polar surface area (TPSA) is 110 Å². The minimum absolute atomic E-state index is 0.00434. The highest BCUT2D eigenvalue weighted by atomic mass is 16.5. The fraction of sp³-hybridized carbons (Fsp3) is 0.444. The predicted molar refractivity (Wildman–Crippen MR) is 97.0 cm³/mol. The van der Waals surface area contributed by atoms with E-state index in [1.54, 1.807) is 26.2 Å². The Morgan fingerprint density at radius 1 is 1.52 bits per heavy atom. The molecular formula is C18H27N3O4. The number of amidine groups is 1. The summed E-state index contributed by atoms with van der Waals surface area (Å²) in [5, 5.41) is 13.0. The predicted octanol–water partition coefficient (Wildman–Crippen LogP) is 3.11. The number of aliphatic imine (C=N–C) groups is 1. The number of rotatable bonds is 8. The number of allylic oxidation sites excluding steroid dienone is 2. The number of carbonyl (C=O) groups is 1. The summed E-state index contributed by atoms with van der Waals surface area (Å²) >= 11 is 0. The molecule has 0 aromatic carbocycles. The molecule has 0 aliphatic carbocycles. The van der Waals surface area contributed by atoms with E-state index in [1.807, 2.05) is 13.0 Å². The van der Waals surface area contributed by atoms with Gasteiger partial charge >= 0.3 is 5.97 Å². The molecule has 1 aromatic heterocycles. The van der Waals surface area contributed by atoms with Crippen molar-refractivity contribution in [3.63, 3.8) is 0 Å². The van der Waals surface area contributed by atoms with Crippen LogP contribution >= 0.6 is 0 Å².